The lowest BCUT2D eigenvalue weighted by atomic mass is 10.1. The fraction of sp³-hybridized carbons (Fsp3) is 0.0952. The Morgan fingerprint density at radius 1 is 1.00 bits per heavy atom. The summed E-state index contributed by atoms with van der Waals surface area (Å²) in [6, 6.07) is 11.6. The summed E-state index contributed by atoms with van der Waals surface area (Å²) in [6.45, 7) is 0.531. The fourth-order valence-electron chi connectivity index (χ4n) is 3.15. The number of nitrogens with one attached hydrogen (secondary N) is 1. The van der Waals surface area contributed by atoms with Gasteiger partial charge in [-0.2, -0.15) is 0 Å². The maximum absolute atomic E-state index is 13.4. The van der Waals surface area contributed by atoms with E-state index in [1.807, 2.05) is 6.07 Å². The first-order chi connectivity index (χ1) is 13.5. The average Bonchev–Trinajstić information content (AvgIpc) is 3.13. The van der Waals surface area contributed by atoms with Crippen LogP contribution < -0.4 is 10.2 Å². The third kappa shape index (κ3) is 3.34. The van der Waals surface area contributed by atoms with Crippen LogP contribution in [0.4, 0.5) is 20.2 Å². The summed E-state index contributed by atoms with van der Waals surface area (Å²) in [5.41, 5.74) is 2.63. The van der Waals surface area contributed by atoms with Crippen LogP contribution in [0.5, 0.6) is 0 Å². The minimum absolute atomic E-state index is 0.00249. The number of rotatable bonds is 3. The molecule has 0 spiro atoms. The summed E-state index contributed by atoms with van der Waals surface area (Å²) >= 11 is 0. The van der Waals surface area contributed by atoms with E-state index in [2.05, 4.69) is 10.3 Å². The molecule has 7 heteroatoms. The summed E-state index contributed by atoms with van der Waals surface area (Å²) in [6.07, 6.45) is 3.81. The van der Waals surface area contributed by atoms with Crippen molar-refractivity contribution in [3.8, 4) is 0 Å². The van der Waals surface area contributed by atoms with Crippen LogP contribution >= 0.6 is 0 Å². The van der Waals surface area contributed by atoms with E-state index in [9.17, 15) is 18.4 Å². The Labute approximate surface area is 159 Å². The molecule has 2 amide bonds. The predicted octanol–water partition coefficient (Wildman–Crippen LogP) is 3.82. The summed E-state index contributed by atoms with van der Waals surface area (Å²) in [5.74, 6) is -2.84. The second-order valence-electron chi connectivity index (χ2n) is 6.37. The van der Waals surface area contributed by atoms with Crippen LogP contribution in [0.15, 0.2) is 60.9 Å². The SMILES string of the molecule is O=C(Nc1ccc2c(c1)N(C(=O)c1cccnc1)CC2)c1ccc(F)c(F)c1. The predicted molar refractivity (Wildman–Crippen MR) is 100 cm³/mol. The lowest BCUT2D eigenvalue weighted by Gasteiger charge is -2.18. The highest BCUT2D eigenvalue weighted by atomic mass is 19.2. The van der Waals surface area contributed by atoms with Gasteiger partial charge in [-0.25, -0.2) is 8.78 Å². The highest BCUT2D eigenvalue weighted by Crippen LogP contribution is 2.32. The van der Waals surface area contributed by atoms with Crippen LogP contribution in [0.25, 0.3) is 0 Å². The number of carbonyl (C=O) groups excluding carboxylic acids is 2. The molecule has 1 N–H and O–H groups in total. The quantitative estimate of drug-likeness (QED) is 0.753. The number of halogens is 2. The van der Waals surface area contributed by atoms with Crippen molar-refractivity contribution in [1.29, 1.82) is 0 Å². The molecule has 2 aromatic carbocycles. The Morgan fingerprint density at radius 3 is 2.61 bits per heavy atom. The van der Waals surface area contributed by atoms with Crippen molar-refractivity contribution in [2.75, 3.05) is 16.8 Å². The monoisotopic (exact) mass is 379 g/mol. The molecule has 0 aliphatic carbocycles. The summed E-state index contributed by atoms with van der Waals surface area (Å²) < 4.78 is 26.4. The molecule has 5 nitrogen and oxygen atoms in total. The van der Waals surface area contributed by atoms with Crippen LogP contribution in [-0.4, -0.2) is 23.3 Å². The summed E-state index contributed by atoms with van der Waals surface area (Å²) in [7, 11) is 0. The number of anilines is 2. The number of hydrogen-bond donors (Lipinski definition) is 1. The van der Waals surface area contributed by atoms with Gasteiger partial charge in [0.15, 0.2) is 11.6 Å². The van der Waals surface area contributed by atoms with Gasteiger partial charge in [0.2, 0.25) is 0 Å². The van der Waals surface area contributed by atoms with E-state index in [4.69, 9.17) is 0 Å². The van der Waals surface area contributed by atoms with Gasteiger partial charge in [0.1, 0.15) is 0 Å². The van der Waals surface area contributed by atoms with Gasteiger partial charge in [0, 0.05) is 35.9 Å². The van der Waals surface area contributed by atoms with Crippen molar-refractivity contribution in [2.45, 2.75) is 6.42 Å². The zero-order chi connectivity index (χ0) is 19.7. The number of amides is 2. The van der Waals surface area contributed by atoms with E-state index in [-0.39, 0.29) is 11.5 Å². The van der Waals surface area contributed by atoms with Gasteiger partial charge < -0.3 is 10.2 Å². The Bertz CT molecular complexity index is 1070. The van der Waals surface area contributed by atoms with E-state index >= 15 is 0 Å². The molecule has 0 atom stereocenters. The second kappa shape index (κ2) is 7.19. The third-order valence-electron chi connectivity index (χ3n) is 4.57. The second-order valence-corrected chi connectivity index (χ2v) is 6.37. The molecule has 1 aliphatic rings. The first-order valence-electron chi connectivity index (χ1n) is 8.64. The molecule has 2 heterocycles. The number of aromatic nitrogens is 1. The third-order valence-corrected chi connectivity index (χ3v) is 4.57. The molecule has 0 saturated heterocycles. The lowest BCUT2D eigenvalue weighted by Crippen LogP contribution is -2.29. The van der Waals surface area contributed by atoms with E-state index in [1.54, 1.807) is 35.4 Å². The van der Waals surface area contributed by atoms with E-state index < -0.39 is 17.5 Å². The van der Waals surface area contributed by atoms with E-state index in [1.165, 1.54) is 12.3 Å². The van der Waals surface area contributed by atoms with Crippen molar-refractivity contribution in [3.05, 3.63) is 89.2 Å². The first-order valence-corrected chi connectivity index (χ1v) is 8.64. The van der Waals surface area contributed by atoms with Gasteiger partial charge in [-0.1, -0.05) is 6.07 Å². The highest BCUT2D eigenvalue weighted by molar-refractivity contribution is 6.08. The molecule has 1 aliphatic heterocycles. The Hall–Kier alpha value is -3.61. The number of fused-ring (bicyclic) bond motifs is 1. The Morgan fingerprint density at radius 2 is 1.86 bits per heavy atom. The van der Waals surface area contributed by atoms with Crippen LogP contribution in [0.1, 0.15) is 26.3 Å². The standard InChI is InChI=1S/C21H15F2N3O2/c22-17-6-4-14(10-18(17)23)20(27)25-16-5-3-13-7-9-26(19(13)11-16)21(28)15-2-1-8-24-12-15/h1-6,8,10-12H,7,9H2,(H,25,27). The first kappa shape index (κ1) is 17.8. The average molecular weight is 379 g/mol. The summed E-state index contributed by atoms with van der Waals surface area (Å²) in [5, 5.41) is 2.66. The molecule has 0 unspecified atom stereocenters. The Balaban J connectivity index is 1.57. The molecule has 0 bridgehead atoms. The van der Waals surface area contributed by atoms with Crippen LogP contribution in [0.2, 0.25) is 0 Å². The molecule has 0 radical (unpaired) electrons. The van der Waals surface area contributed by atoms with Crippen molar-refractivity contribution >= 4 is 23.2 Å². The smallest absolute Gasteiger partial charge is 0.259 e. The van der Waals surface area contributed by atoms with E-state index in [0.717, 1.165) is 17.7 Å². The minimum Gasteiger partial charge on any atom is -0.322 e. The number of pyridine rings is 1. The normalized spacial score (nSPS) is 12.6. The lowest BCUT2D eigenvalue weighted by molar-refractivity contribution is 0.0987. The number of nitrogens with zero attached hydrogens (tertiary/aromatic N) is 2. The van der Waals surface area contributed by atoms with Crippen LogP contribution in [0, 0.1) is 11.6 Å². The van der Waals surface area contributed by atoms with Gasteiger partial charge in [-0.15, -0.1) is 0 Å². The molecular formula is C21H15F2N3O2. The molecule has 28 heavy (non-hydrogen) atoms. The topological polar surface area (TPSA) is 62.3 Å². The fourth-order valence-corrected chi connectivity index (χ4v) is 3.15. The molecule has 3 aromatic rings. The van der Waals surface area contributed by atoms with Crippen LogP contribution in [0.3, 0.4) is 0 Å². The van der Waals surface area contributed by atoms with Gasteiger partial charge >= 0.3 is 0 Å². The van der Waals surface area contributed by atoms with Gasteiger partial charge in [0.25, 0.3) is 11.8 Å². The molecule has 4 rings (SSSR count). The van der Waals surface area contributed by atoms with Gasteiger partial charge in [-0.3, -0.25) is 14.6 Å². The van der Waals surface area contributed by atoms with Crippen LogP contribution in [-0.2, 0) is 6.42 Å². The minimum atomic E-state index is -1.09. The summed E-state index contributed by atoms with van der Waals surface area (Å²) in [4.78, 5) is 30.7. The van der Waals surface area contributed by atoms with Gasteiger partial charge in [-0.05, 0) is 54.4 Å². The maximum Gasteiger partial charge on any atom is 0.259 e. The molecule has 1 aromatic heterocycles. The molecule has 140 valence electrons. The zero-order valence-corrected chi connectivity index (χ0v) is 14.7. The molecule has 0 saturated carbocycles. The Kier molecular flexibility index (Phi) is 4.57. The number of hydrogen-bond acceptors (Lipinski definition) is 3. The van der Waals surface area contributed by atoms with Crippen molar-refractivity contribution < 1.29 is 18.4 Å². The van der Waals surface area contributed by atoms with Gasteiger partial charge in [0.05, 0.1) is 5.56 Å². The highest BCUT2D eigenvalue weighted by Gasteiger charge is 2.26. The largest absolute Gasteiger partial charge is 0.322 e. The number of carbonyl (C=O) groups is 2. The van der Waals surface area contributed by atoms with Crippen molar-refractivity contribution in [1.82, 2.24) is 4.98 Å². The van der Waals surface area contributed by atoms with Crippen molar-refractivity contribution in [3.63, 3.8) is 0 Å². The van der Waals surface area contributed by atoms with Crippen molar-refractivity contribution in [2.24, 2.45) is 0 Å². The maximum atomic E-state index is 13.4. The molecular weight excluding hydrogens is 364 g/mol. The number of benzene rings is 2. The van der Waals surface area contributed by atoms with E-state index in [0.29, 0.717) is 29.9 Å². The zero-order valence-electron chi connectivity index (χ0n) is 14.7. The molecule has 0 fully saturated rings.